The molecule has 1 fully saturated rings. The largest absolute Gasteiger partial charge is 0.394 e. The lowest BCUT2D eigenvalue weighted by Gasteiger charge is -2.43. The Hall–Kier alpha value is -1.27. The van der Waals surface area contributed by atoms with Crippen LogP contribution in [0.4, 0.5) is 11.5 Å². The van der Waals surface area contributed by atoms with Gasteiger partial charge in [-0.05, 0) is 27.2 Å². The fourth-order valence-electron chi connectivity index (χ4n) is 2.84. The number of ether oxygens (including phenoxy) is 1. The van der Waals surface area contributed by atoms with E-state index >= 15 is 0 Å². The molecule has 6 heteroatoms. The van der Waals surface area contributed by atoms with Crippen LogP contribution in [-0.4, -0.2) is 46.3 Å². The maximum absolute atomic E-state index is 9.43. The molecule has 2 rings (SSSR count). The van der Waals surface area contributed by atoms with Crippen LogP contribution in [0.2, 0.25) is 0 Å². The molecule has 0 amide bonds. The van der Waals surface area contributed by atoms with E-state index in [1.165, 1.54) is 0 Å². The van der Waals surface area contributed by atoms with Gasteiger partial charge in [0, 0.05) is 19.6 Å². The van der Waals surface area contributed by atoms with Crippen LogP contribution < -0.4 is 10.6 Å². The summed E-state index contributed by atoms with van der Waals surface area (Å²) in [5, 5.41) is 14.0. The summed E-state index contributed by atoms with van der Waals surface area (Å²) in [6.07, 6.45) is 0.813. The lowest BCUT2D eigenvalue weighted by molar-refractivity contribution is -0.101. The van der Waals surface area contributed by atoms with Crippen molar-refractivity contribution in [1.29, 1.82) is 0 Å². The standard InChI is InChI=1S/C14H26N4O2/c1-5-6-18-13(12(15)10(2)16-18)17-7-11(8-19)20-14(3,4)9-17/h11,19H,5-9,15H2,1-4H3. The molecule has 3 N–H and O–H groups in total. The second-order valence-corrected chi connectivity index (χ2v) is 6.11. The quantitative estimate of drug-likeness (QED) is 0.866. The molecule has 1 saturated heterocycles. The van der Waals surface area contributed by atoms with Crippen molar-refractivity contribution in [3.8, 4) is 0 Å². The summed E-state index contributed by atoms with van der Waals surface area (Å²) in [6.45, 7) is 10.4. The van der Waals surface area contributed by atoms with Gasteiger partial charge in [-0.2, -0.15) is 5.10 Å². The molecule has 1 aromatic heterocycles. The number of nitrogens with two attached hydrogens (primary N) is 1. The van der Waals surface area contributed by atoms with E-state index in [4.69, 9.17) is 10.5 Å². The number of aliphatic hydroxyl groups excluding tert-OH is 1. The fraction of sp³-hybridized carbons (Fsp3) is 0.786. The molecule has 6 nitrogen and oxygen atoms in total. The van der Waals surface area contributed by atoms with E-state index in [1.54, 1.807) is 0 Å². The first kappa shape index (κ1) is 15.1. The second kappa shape index (κ2) is 5.61. The molecule has 0 spiro atoms. The summed E-state index contributed by atoms with van der Waals surface area (Å²) in [7, 11) is 0. The predicted octanol–water partition coefficient (Wildman–Crippen LogP) is 1.16. The summed E-state index contributed by atoms with van der Waals surface area (Å²) < 4.78 is 7.83. The van der Waals surface area contributed by atoms with Crippen LogP contribution in [0.25, 0.3) is 0 Å². The van der Waals surface area contributed by atoms with Gasteiger partial charge in [-0.25, -0.2) is 4.68 Å². The number of hydrogen-bond donors (Lipinski definition) is 2. The Labute approximate surface area is 120 Å². The van der Waals surface area contributed by atoms with Crippen molar-refractivity contribution in [3.05, 3.63) is 5.69 Å². The molecular weight excluding hydrogens is 256 g/mol. The van der Waals surface area contributed by atoms with Crippen molar-refractivity contribution in [2.24, 2.45) is 0 Å². The van der Waals surface area contributed by atoms with E-state index in [2.05, 4.69) is 16.9 Å². The SMILES string of the molecule is CCCn1nc(C)c(N)c1N1CC(CO)OC(C)(C)C1. The van der Waals surface area contributed by atoms with Gasteiger partial charge in [-0.3, -0.25) is 0 Å². The highest BCUT2D eigenvalue weighted by atomic mass is 16.5. The Kier molecular flexibility index (Phi) is 4.25. The lowest BCUT2D eigenvalue weighted by Crippen LogP contribution is -2.54. The van der Waals surface area contributed by atoms with E-state index in [1.807, 2.05) is 25.5 Å². The third kappa shape index (κ3) is 2.91. The molecule has 0 saturated carbocycles. The average Bonchev–Trinajstić information content (AvgIpc) is 2.63. The van der Waals surface area contributed by atoms with E-state index in [9.17, 15) is 5.11 Å². The number of nitrogen functional groups attached to an aromatic ring is 1. The molecule has 0 aliphatic carbocycles. The highest BCUT2D eigenvalue weighted by molar-refractivity contribution is 5.66. The number of morpholine rings is 1. The molecule has 1 aliphatic heterocycles. The van der Waals surface area contributed by atoms with Crippen LogP contribution in [-0.2, 0) is 11.3 Å². The third-order valence-electron chi connectivity index (χ3n) is 3.57. The van der Waals surface area contributed by atoms with Crippen LogP contribution in [0, 0.1) is 6.92 Å². The van der Waals surface area contributed by atoms with Gasteiger partial charge in [0.05, 0.1) is 29.7 Å². The first-order valence-electron chi connectivity index (χ1n) is 7.24. The van der Waals surface area contributed by atoms with Crippen molar-refractivity contribution < 1.29 is 9.84 Å². The number of aliphatic hydroxyl groups is 1. The zero-order chi connectivity index (χ0) is 14.9. The molecule has 20 heavy (non-hydrogen) atoms. The zero-order valence-corrected chi connectivity index (χ0v) is 12.9. The highest BCUT2D eigenvalue weighted by Gasteiger charge is 2.35. The Balaban J connectivity index is 2.34. The zero-order valence-electron chi connectivity index (χ0n) is 12.9. The highest BCUT2D eigenvalue weighted by Crippen LogP contribution is 2.32. The van der Waals surface area contributed by atoms with Crippen molar-refractivity contribution in [3.63, 3.8) is 0 Å². The van der Waals surface area contributed by atoms with Gasteiger partial charge in [0.2, 0.25) is 0 Å². The summed E-state index contributed by atoms with van der Waals surface area (Å²) in [5.74, 6) is 0.958. The van der Waals surface area contributed by atoms with Crippen LogP contribution in [0.3, 0.4) is 0 Å². The van der Waals surface area contributed by atoms with Gasteiger partial charge in [-0.15, -0.1) is 0 Å². The average molecular weight is 282 g/mol. The van der Waals surface area contributed by atoms with E-state index in [-0.39, 0.29) is 18.3 Å². The number of nitrogens with zero attached hydrogens (tertiary/aromatic N) is 3. The Bertz CT molecular complexity index is 470. The normalized spacial score (nSPS) is 22.2. The number of hydrogen-bond acceptors (Lipinski definition) is 5. The van der Waals surface area contributed by atoms with Crippen molar-refractivity contribution in [2.45, 2.75) is 52.4 Å². The summed E-state index contributed by atoms with van der Waals surface area (Å²) in [4.78, 5) is 2.19. The van der Waals surface area contributed by atoms with Gasteiger partial charge < -0.3 is 20.5 Å². The Morgan fingerprint density at radius 3 is 2.80 bits per heavy atom. The molecule has 1 unspecified atom stereocenters. The van der Waals surface area contributed by atoms with Crippen LogP contribution >= 0.6 is 0 Å². The van der Waals surface area contributed by atoms with Gasteiger partial charge in [0.15, 0.2) is 5.82 Å². The smallest absolute Gasteiger partial charge is 0.150 e. The minimum Gasteiger partial charge on any atom is -0.394 e. The molecule has 1 atom stereocenters. The Morgan fingerprint density at radius 2 is 2.20 bits per heavy atom. The molecule has 0 aromatic carbocycles. The van der Waals surface area contributed by atoms with Crippen molar-refractivity contribution >= 4 is 11.5 Å². The maximum Gasteiger partial charge on any atom is 0.150 e. The molecule has 2 heterocycles. The number of aryl methyl sites for hydroxylation is 2. The van der Waals surface area contributed by atoms with Crippen molar-refractivity contribution in [2.75, 3.05) is 30.3 Å². The van der Waals surface area contributed by atoms with Crippen LogP contribution in [0.5, 0.6) is 0 Å². The van der Waals surface area contributed by atoms with Gasteiger partial charge >= 0.3 is 0 Å². The second-order valence-electron chi connectivity index (χ2n) is 6.11. The first-order chi connectivity index (χ1) is 9.38. The predicted molar refractivity (Wildman–Crippen MR) is 79.9 cm³/mol. The molecule has 0 radical (unpaired) electrons. The summed E-state index contributed by atoms with van der Waals surface area (Å²) >= 11 is 0. The molecule has 1 aromatic rings. The number of rotatable bonds is 4. The van der Waals surface area contributed by atoms with E-state index in [0.717, 1.165) is 36.7 Å². The topological polar surface area (TPSA) is 76.5 Å². The van der Waals surface area contributed by atoms with Crippen LogP contribution in [0.15, 0.2) is 0 Å². The van der Waals surface area contributed by atoms with Gasteiger partial charge in [0.25, 0.3) is 0 Å². The molecule has 114 valence electrons. The lowest BCUT2D eigenvalue weighted by atomic mass is 10.1. The number of aromatic nitrogens is 2. The molecule has 0 bridgehead atoms. The first-order valence-corrected chi connectivity index (χ1v) is 7.24. The molecular formula is C14H26N4O2. The molecule has 1 aliphatic rings. The monoisotopic (exact) mass is 282 g/mol. The summed E-state index contributed by atoms with van der Waals surface area (Å²) in [5.41, 5.74) is 7.49. The number of anilines is 2. The fourth-order valence-corrected chi connectivity index (χ4v) is 2.84. The minimum absolute atomic E-state index is 0.0146. The summed E-state index contributed by atoms with van der Waals surface area (Å²) in [6, 6.07) is 0. The maximum atomic E-state index is 9.43. The van der Waals surface area contributed by atoms with Crippen molar-refractivity contribution in [1.82, 2.24) is 9.78 Å². The Morgan fingerprint density at radius 1 is 1.50 bits per heavy atom. The van der Waals surface area contributed by atoms with Crippen LogP contribution in [0.1, 0.15) is 32.9 Å². The third-order valence-corrected chi connectivity index (χ3v) is 3.57. The minimum atomic E-state index is -0.312. The van der Waals surface area contributed by atoms with E-state index < -0.39 is 0 Å². The van der Waals surface area contributed by atoms with Gasteiger partial charge in [0.1, 0.15) is 0 Å². The van der Waals surface area contributed by atoms with Gasteiger partial charge in [-0.1, -0.05) is 6.92 Å². The van der Waals surface area contributed by atoms with E-state index in [0.29, 0.717) is 6.54 Å².